The average Bonchev–Trinajstić information content (AvgIpc) is 2.61. The van der Waals surface area contributed by atoms with Gasteiger partial charge >= 0.3 is 0 Å². The van der Waals surface area contributed by atoms with Gasteiger partial charge in [-0.3, -0.25) is 0 Å². The molecule has 0 aliphatic carbocycles. The Bertz CT molecular complexity index is 212. The summed E-state index contributed by atoms with van der Waals surface area (Å²) in [6.45, 7) is 11.1. The monoisotopic (exact) mass is 194 g/mol. The zero-order valence-corrected chi connectivity index (χ0v) is 9.26. The zero-order valence-electron chi connectivity index (χ0n) is 9.26. The Balaban J connectivity index is 1.77. The van der Waals surface area contributed by atoms with Crippen molar-refractivity contribution in [1.82, 2.24) is 10.2 Å². The van der Waals surface area contributed by atoms with Gasteiger partial charge in [0.05, 0.1) is 0 Å². The largest absolute Gasteiger partial charge is 0.314 e. The Morgan fingerprint density at radius 1 is 1.50 bits per heavy atom. The zero-order chi connectivity index (χ0) is 9.97. The van der Waals surface area contributed by atoms with Crippen LogP contribution in [0, 0.1) is 5.92 Å². The summed E-state index contributed by atoms with van der Waals surface area (Å²) >= 11 is 0. The van der Waals surface area contributed by atoms with Gasteiger partial charge in [-0.25, -0.2) is 0 Å². The molecule has 0 aromatic rings. The molecule has 0 saturated carbocycles. The van der Waals surface area contributed by atoms with Crippen LogP contribution in [-0.4, -0.2) is 37.1 Å². The minimum atomic E-state index is 0.830. The topological polar surface area (TPSA) is 15.3 Å². The SMILES string of the molecule is C=C(C)CCN1CCC2NCCC2C1. The second-order valence-electron chi connectivity index (χ2n) is 4.91. The van der Waals surface area contributed by atoms with Gasteiger partial charge in [0, 0.05) is 19.1 Å². The molecule has 2 saturated heterocycles. The van der Waals surface area contributed by atoms with E-state index in [9.17, 15) is 0 Å². The first-order valence-electron chi connectivity index (χ1n) is 5.86. The van der Waals surface area contributed by atoms with Crippen LogP contribution >= 0.6 is 0 Å². The lowest BCUT2D eigenvalue weighted by Crippen LogP contribution is -2.44. The van der Waals surface area contributed by atoms with E-state index in [0.717, 1.165) is 12.0 Å². The standard InChI is InChI=1S/C12H22N2/c1-10(2)4-7-14-8-5-12-11(9-14)3-6-13-12/h11-13H,1,3-9H2,2H3. The molecule has 2 nitrogen and oxygen atoms in total. The van der Waals surface area contributed by atoms with Gasteiger partial charge in [-0.05, 0) is 45.2 Å². The fraction of sp³-hybridized carbons (Fsp3) is 0.833. The van der Waals surface area contributed by atoms with E-state index in [0.29, 0.717) is 0 Å². The molecule has 0 aromatic carbocycles. The summed E-state index contributed by atoms with van der Waals surface area (Å²) < 4.78 is 0. The van der Waals surface area contributed by atoms with Gasteiger partial charge in [-0.2, -0.15) is 0 Å². The molecule has 2 heteroatoms. The van der Waals surface area contributed by atoms with Crippen LogP contribution in [0.5, 0.6) is 0 Å². The second-order valence-corrected chi connectivity index (χ2v) is 4.91. The van der Waals surface area contributed by atoms with Gasteiger partial charge in [0.25, 0.3) is 0 Å². The van der Waals surface area contributed by atoms with E-state index in [2.05, 4.69) is 23.7 Å². The average molecular weight is 194 g/mol. The third-order valence-electron chi connectivity index (χ3n) is 3.59. The minimum Gasteiger partial charge on any atom is -0.314 e. The number of rotatable bonds is 3. The molecule has 2 atom stereocenters. The summed E-state index contributed by atoms with van der Waals surface area (Å²) in [5, 5.41) is 3.60. The Hall–Kier alpha value is -0.340. The van der Waals surface area contributed by atoms with Crippen molar-refractivity contribution in [3.63, 3.8) is 0 Å². The van der Waals surface area contributed by atoms with Gasteiger partial charge in [-0.15, -0.1) is 6.58 Å². The molecule has 2 rings (SSSR count). The second kappa shape index (κ2) is 4.45. The number of nitrogens with zero attached hydrogens (tertiary/aromatic N) is 1. The first kappa shape index (κ1) is 10.2. The molecule has 0 bridgehead atoms. The van der Waals surface area contributed by atoms with Gasteiger partial charge in [0.15, 0.2) is 0 Å². The molecule has 0 amide bonds. The maximum absolute atomic E-state index is 3.97. The van der Waals surface area contributed by atoms with Crippen LogP contribution in [-0.2, 0) is 0 Å². The molecule has 0 radical (unpaired) electrons. The van der Waals surface area contributed by atoms with Crippen molar-refractivity contribution < 1.29 is 0 Å². The van der Waals surface area contributed by atoms with E-state index in [1.807, 2.05) is 0 Å². The number of likely N-dealkylation sites (tertiary alicyclic amines) is 1. The quantitative estimate of drug-likeness (QED) is 0.687. The Morgan fingerprint density at radius 2 is 2.36 bits per heavy atom. The van der Waals surface area contributed by atoms with E-state index in [4.69, 9.17) is 0 Å². The Kier molecular flexibility index (Phi) is 3.24. The van der Waals surface area contributed by atoms with Gasteiger partial charge in [0.1, 0.15) is 0 Å². The number of piperidine rings is 1. The van der Waals surface area contributed by atoms with Crippen LogP contribution in [0.25, 0.3) is 0 Å². The van der Waals surface area contributed by atoms with Crippen LogP contribution in [0.2, 0.25) is 0 Å². The van der Waals surface area contributed by atoms with Crippen molar-refractivity contribution in [2.45, 2.75) is 32.2 Å². The lowest BCUT2D eigenvalue weighted by molar-refractivity contribution is 0.164. The summed E-state index contributed by atoms with van der Waals surface area (Å²) in [5.41, 5.74) is 1.32. The number of fused-ring (bicyclic) bond motifs is 1. The normalized spacial score (nSPS) is 32.9. The van der Waals surface area contributed by atoms with Crippen LogP contribution in [0.15, 0.2) is 12.2 Å². The van der Waals surface area contributed by atoms with E-state index in [1.165, 1.54) is 51.0 Å². The highest BCUT2D eigenvalue weighted by atomic mass is 15.2. The van der Waals surface area contributed by atoms with Crippen molar-refractivity contribution in [3.05, 3.63) is 12.2 Å². The molecule has 2 aliphatic rings. The predicted octanol–water partition coefficient (Wildman–Crippen LogP) is 1.64. The van der Waals surface area contributed by atoms with Gasteiger partial charge in [-0.1, -0.05) is 5.57 Å². The first-order chi connectivity index (χ1) is 6.75. The number of nitrogens with one attached hydrogen (secondary N) is 1. The number of hydrogen-bond donors (Lipinski definition) is 1. The molecule has 14 heavy (non-hydrogen) atoms. The highest BCUT2D eigenvalue weighted by molar-refractivity contribution is 4.93. The van der Waals surface area contributed by atoms with Crippen LogP contribution in [0.3, 0.4) is 0 Å². The highest BCUT2D eigenvalue weighted by Gasteiger charge is 2.31. The Morgan fingerprint density at radius 3 is 3.14 bits per heavy atom. The maximum Gasteiger partial charge on any atom is 0.0120 e. The fourth-order valence-corrected chi connectivity index (χ4v) is 2.67. The summed E-state index contributed by atoms with van der Waals surface area (Å²) in [6.07, 6.45) is 3.90. The first-order valence-corrected chi connectivity index (χ1v) is 5.86. The van der Waals surface area contributed by atoms with Crippen molar-refractivity contribution >= 4 is 0 Å². The van der Waals surface area contributed by atoms with Crippen LogP contribution in [0.4, 0.5) is 0 Å². The third-order valence-corrected chi connectivity index (χ3v) is 3.59. The van der Waals surface area contributed by atoms with Gasteiger partial charge in [0.2, 0.25) is 0 Å². The molecule has 0 spiro atoms. The molecule has 0 aromatic heterocycles. The maximum atomic E-state index is 3.97. The predicted molar refractivity (Wildman–Crippen MR) is 60.4 cm³/mol. The van der Waals surface area contributed by atoms with Crippen molar-refractivity contribution in [2.24, 2.45) is 5.92 Å². The van der Waals surface area contributed by atoms with Crippen molar-refractivity contribution in [2.75, 3.05) is 26.2 Å². The van der Waals surface area contributed by atoms with Gasteiger partial charge < -0.3 is 10.2 Å². The molecule has 2 fully saturated rings. The van der Waals surface area contributed by atoms with Crippen LogP contribution in [0.1, 0.15) is 26.2 Å². The summed E-state index contributed by atoms with van der Waals surface area (Å²) in [6, 6.07) is 0.830. The van der Waals surface area contributed by atoms with Crippen molar-refractivity contribution in [1.29, 1.82) is 0 Å². The molecular formula is C12H22N2. The molecule has 80 valence electrons. The third kappa shape index (κ3) is 2.37. The molecule has 2 unspecified atom stereocenters. The lowest BCUT2D eigenvalue weighted by Gasteiger charge is -2.34. The summed E-state index contributed by atoms with van der Waals surface area (Å²) in [4.78, 5) is 2.61. The van der Waals surface area contributed by atoms with E-state index in [1.54, 1.807) is 0 Å². The lowest BCUT2D eigenvalue weighted by atomic mass is 9.93. The Labute approximate surface area is 87.4 Å². The van der Waals surface area contributed by atoms with Crippen LogP contribution < -0.4 is 5.32 Å². The smallest absolute Gasteiger partial charge is 0.0120 e. The van der Waals surface area contributed by atoms with E-state index < -0.39 is 0 Å². The van der Waals surface area contributed by atoms with Crippen molar-refractivity contribution in [3.8, 4) is 0 Å². The van der Waals surface area contributed by atoms with E-state index >= 15 is 0 Å². The number of hydrogen-bond acceptors (Lipinski definition) is 2. The molecular weight excluding hydrogens is 172 g/mol. The molecule has 2 heterocycles. The fourth-order valence-electron chi connectivity index (χ4n) is 2.67. The summed E-state index contributed by atoms with van der Waals surface area (Å²) in [5.74, 6) is 0.925. The molecule has 1 N–H and O–H groups in total. The highest BCUT2D eigenvalue weighted by Crippen LogP contribution is 2.24. The van der Waals surface area contributed by atoms with E-state index in [-0.39, 0.29) is 0 Å². The summed E-state index contributed by atoms with van der Waals surface area (Å²) in [7, 11) is 0. The minimum absolute atomic E-state index is 0.830. The molecule has 2 aliphatic heterocycles.